The van der Waals surface area contributed by atoms with E-state index in [4.69, 9.17) is 5.73 Å². The summed E-state index contributed by atoms with van der Waals surface area (Å²) in [4.78, 5) is 0. The Balaban J connectivity index is 2.31. The first-order valence-electron chi connectivity index (χ1n) is 5.28. The van der Waals surface area contributed by atoms with Gasteiger partial charge in [-0.1, -0.05) is 6.07 Å². The number of hydrogen-bond acceptors (Lipinski definition) is 4. The fourth-order valence-electron chi connectivity index (χ4n) is 1.79. The van der Waals surface area contributed by atoms with E-state index in [1.54, 1.807) is 10.7 Å². The van der Waals surface area contributed by atoms with Crippen LogP contribution in [0.4, 0.5) is 5.69 Å². The molecular weight excluding hydrogens is 214 g/mol. The molecule has 2 aromatic heterocycles. The summed E-state index contributed by atoms with van der Waals surface area (Å²) in [5.41, 5.74) is 9.28. The number of anilines is 1. The zero-order chi connectivity index (χ0) is 11.8. The van der Waals surface area contributed by atoms with E-state index in [0.29, 0.717) is 11.5 Å². The highest BCUT2D eigenvalue weighted by atomic mass is 15.4. The number of aromatic nitrogens is 4. The number of nitrogens with two attached hydrogens (primary N) is 1. The molecule has 0 saturated heterocycles. The number of nitrogen functional groups attached to an aromatic ring is 1. The number of fused-ring (bicyclic) bond motifs is 1. The van der Waals surface area contributed by atoms with E-state index >= 15 is 0 Å². The predicted octanol–water partition coefficient (Wildman–Crippen LogP) is 1.68. The van der Waals surface area contributed by atoms with E-state index in [2.05, 4.69) is 15.3 Å². The lowest BCUT2D eigenvalue weighted by Gasteiger charge is -2.04. The van der Waals surface area contributed by atoms with Crippen LogP contribution in [0.1, 0.15) is 5.56 Å². The minimum absolute atomic E-state index is 0.707. The molecule has 1 aromatic carbocycles. The van der Waals surface area contributed by atoms with Crippen LogP contribution in [0.3, 0.4) is 0 Å². The Kier molecular flexibility index (Phi) is 2.04. The van der Waals surface area contributed by atoms with Crippen LogP contribution in [-0.2, 0) is 0 Å². The van der Waals surface area contributed by atoms with Crippen LogP contribution in [0.5, 0.6) is 0 Å². The monoisotopic (exact) mass is 225 g/mol. The number of hydrogen-bond donors (Lipinski definition) is 1. The fraction of sp³-hybridized carbons (Fsp3) is 0.0833. The summed E-state index contributed by atoms with van der Waals surface area (Å²) in [6.45, 7) is 2.01. The molecule has 2 N–H and O–H groups in total. The van der Waals surface area contributed by atoms with E-state index in [1.165, 1.54) is 0 Å². The number of benzene rings is 1. The van der Waals surface area contributed by atoms with Gasteiger partial charge in [-0.15, -0.1) is 10.2 Å². The second-order valence-corrected chi connectivity index (χ2v) is 3.89. The van der Waals surface area contributed by atoms with Gasteiger partial charge in [-0.05, 0) is 36.8 Å². The van der Waals surface area contributed by atoms with Crippen molar-refractivity contribution >= 4 is 11.3 Å². The summed E-state index contributed by atoms with van der Waals surface area (Å²) in [5, 5.41) is 12.5. The summed E-state index contributed by atoms with van der Waals surface area (Å²) in [7, 11) is 0. The van der Waals surface area contributed by atoms with Gasteiger partial charge < -0.3 is 5.73 Å². The Morgan fingerprint density at radius 3 is 2.94 bits per heavy atom. The van der Waals surface area contributed by atoms with Crippen molar-refractivity contribution < 1.29 is 0 Å². The molecule has 0 saturated carbocycles. The van der Waals surface area contributed by atoms with Gasteiger partial charge in [0.1, 0.15) is 0 Å². The summed E-state index contributed by atoms with van der Waals surface area (Å²) in [6.07, 6.45) is 1.71. The van der Waals surface area contributed by atoms with Crippen LogP contribution in [0, 0.1) is 6.92 Å². The van der Waals surface area contributed by atoms with E-state index in [9.17, 15) is 0 Å². The van der Waals surface area contributed by atoms with Gasteiger partial charge in [-0.25, -0.2) is 0 Å². The Labute approximate surface area is 97.9 Å². The normalized spacial score (nSPS) is 10.9. The highest BCUT2D eigenvalue weighted by Gasteiger charge is 2.10. The molecule has 0 spiro atoms. The van der Waals surface area contributed by atoms with Gasteiger partial charge in [-0.2, -0.15) is 9.61 Å². The van der Waals surface area contributed by atoms with Crippen molar-refractivity contribution in [2.75, 3.05) is 5.73 Å². The Bertz CT molecular complexity index is 686. The van der Waals surface area contributed by atoms with Crippen molar-refractivity contribution in [2.24, 2.45) is 0 Å². The van der Waals surface area contributed by atoms with E-state index in [-0.39, 0.29) is 0 Å². The molecule has 0 bridgehead atoms. The highest BCUT2D eigenvalue weighted by molar-refractivity contribution is 5.66. The van der Waals surface area contributed by atoms with Crippen molar-refractivity contribution in [1.29, 1.82) is 0 Å². The SMILES string of the molecule is Cc1ccc(N)cc1-c1nnc2cccnn12. The lowest BCUT2D eigenvalue weighted by Crippen LogP contribution is -1.96. The van der Waals surface area contributed by atoms with Crippen molar-refractivity contribution in [2.45, 2.75) is 6.92 Å². The summed E-state index contributed by atoms with van der Waals surface area (Å²) >= 11 is 0. The van der Waals surface area contributed by atoms with E-state index < -0.39 is 0 Å². The average molecular weight is 225 g/mol. The maximum atomic E-state index is 5.80. The minimum Gasteiger partial charge on any atom is -0.399 e. The molecule has 5 heteroatoms. The minimum atomic E-state index is 0.707. The molecule has 3 aromatic rings. The number of nitrogens with zero attached hydrogens (tertiary/aromatic N) is 4. The van der Waals surface area contributed by atoms with Crippen LogP contribution in [0.15, 0.2) is 36.5 Å². The Hall–Kier alpha value is -2.43. The topological polar surface area (TPSA) is 69.1 Å². The fourth-order valence-corrected chi connectivity index (χ4v) is 1.79. The molecule has 0 aliphatic rings. The molecule has 5 nitrogen and oxygen atoms in total. The van der Waals surface area contributed by atoms with Crippen molar-refractivity contribution in [3.05, 3.63) is 42.1 Å². The Morgan fingerprint density at radius 2 is 2.06 bits per heavy atom. The van der Waals surface area contributed by atoms with Gasteiger partial charge >= 0.3 is 0 Å². The predicted molar refractivity (Wildman–Crippen MR) is 65.4 cm³/mol. The molecule has 84 valence electrons. The zero-order valence-electron chi connectivity index (χ0n) is 9.33. The van der Waals surface area contributed by atoms with Gasteiger partial charge in [0.05, 0.1) is 0 Å². The van der Waals surface area contributed by atoms with Crippen LogP contribution < -0.4 is 5.73 Å². The molecule has 2 heterocycles. The maximum absolute atomic E-state index is 5.80. The molecule has 0 atom stereocenters. The van der Waals surface area contributed by atoms with Crippen molar-refractivity contribution in [3.8, 4) is 11.4 Å². The molecule has 0 aliphatic carbocycles. The second-order valence-electron chi connectivity index (χ2n) is 3.89. The van der Waals surface area contributed by atoms with Gasteiger partial charge in [0.15, 0.2) is 11.5 Å². The number of aryl methyl sites for hydroxylation is 1. The van der Waals surface area contributed by atoms with Crippen LogP contribution >= 0.6 is 0 Å². The summed E-state index contributed by atoms with van der Waals surface area (Å²) < 4.78 is 1.71. The molecule has 0 aliphatic heterocycles. The van der Waals surface area contributed by atoms with Gasteiger partial charge in [0.25, 0.3) is 0 Å². The maximum Gasteiger partial charge on any atom is 0.185 e. The largest absolute Gasteiger partial charge is 0.399 e. The number of rotatable bonds is 1. The molecule has 0 unspecified atom stereocenters. The second kappa shape index (κ2) is 3.55. The molecule has 3 rings (SSSR count). The summed E-state index contributed by atoms with van der Waals surface area (Å²) in [6, 6.07) is 9.43. The van der Waals surface area contributed by atoms with Gasteiger partial charge in [0, 0.05) is 17.4 Å². The molecule has 17 heavy (non-hydrogen) atoms. The first kappa shape index (κ1) is 9.77. The van der Waals surface area contributed by atoms with Crippen molar-refractivity contribution in [1.82, 2.24) is 19.8 Å². The van der Waals surface area contributed by atoms with Gasteiger partial charge in [0.2, 0.25) is 0 Å². The van der Waals surface area contributed by atoms with E-state index in [0.717, 1.165) is 16.8 Å². The average Bonchev–Trinajstić information content (AvgIpc) is 2.76. The third kappa shape index (κ3) is 1.52. The molecule has 0 fully saturated rings. The summed E-state index contributed by atoms with van der Waals surface area (Å²) in [5.74, 6) is 0.713. The Morgan fingerprint density at radius 1 is 1.18 bits per heavy atom. The van der Waals surface area contributed by atoms with Crippen LogP contribution in [0.25, 0.3) is 17.0 Å². The standard InChI is InChI=1S/C12H11N5/c1-8-4-5-9(13)7-10(8)12-16-15-11-3-2-6-14-17(11)12/h2-7H,13H2,1H3. The quantitative estimate of drug-likeness (QED) is 0.640. The third-order valence-corrected chi connectivity index (χ3v) is 2.68. The molecular formula is C12H11N5. The smallest absolute Gasteiger partial charge is 0.185 e. The van der Waals surface area contributed by atoms with Crippen LogP contribution in [0.2, 0.25) is 0 Å². The van der Waals surface area contributed by atoms with E-state index in [1.807, 2.05) is 37.3 Å². The molecule has 0 radical (unpaired) electrons. The molecule has 0 amide bonds. The highest BCUT2D eigenvalue weighted by Crippen LogP contribution is 2.23. The van der Waals surface area contributed by atoms with Crippen LogP contribution in [-0.4, -0.2) is 19.8 Å². The third-order valence-electron chi connectivity index (χ3n) is 2.68. The lowest BCUT2D eigenvalue weighted by molar-refractivity contribution is 0.934. The first-order valence-corrected chi connectivity index (χ1v) is 5.28. The lowest BCUT2D eigenvalue weighted by atomic mass is 10.1. The van der Waals surface area contributed by atoms with Gasteiger partial charge in [-0.3, -0.25) is 0 Å². The zero-order valence-corrected chi connectivity index (χ0v) is 9.33. The first-order chi connectivity index (χ1) is 8.25. The van der Waals surface area contributed by atoms with Crippen molar-refractivity contribution in [3.63, 3.8) is 0 Å².